The molecule has 0 saturated carbocycles. The maximum atomic E-state index is 5.52. The summed E-state index contributed by atoms with van der Waals surface area (Å²) in [6.45, 7) is 0. The van der Waals surface area contributed by atoms with Crippen molar-refractivity contribution >= 4 is 15.4 Å². The van der Waals surface area contributed by atoms with E-state index in [1.54, 1.807) is 0 Å². The summed E-state index contributed by atoms with van der Waals surface area (Å²) in [6, 6.07) is 18.8. The first-order valence-corrected chi connectivity index (χ1v) is 5.34. The minimum Gasteiger partial charge on any atom is -0.502 e. The van der Waals surface area contributed by atoms with Gasteiger partial charge in [0.15, 0.2) is 0 Å². The highest BCUT2D eigenvalue weighted by atomic mass is 16.7. The predicted molar refractivity (Wildman–Crippen MR) is 74.5 cm³/mol. The van der Waals surface area contributed by atoms with Crippen molar-refractivity contribution in [3.63, 3.8) is 0 Å². The van der Waals surface area contributed by atoms with Crippen LogP contribution in [0.4, 0.5) is 0 Å². The molecule has 0 radical (unpaired) electrons. The third-order valence-electron chi connectivity index (χ3n) is 2.14. The van der Waals surface area contributed by atoms with Crippen LogP contribution in [0.25, 0.3) is 0 Å². The van der Waals surface area contributed by atoms with E-state index in [1.807, 2.05) is 60.7 Å². The lowest BCUT2D eigenvalue weighted by Gasteiger charge is -2.14. The molecule has 2 aromatic carbocycles. The Balaban J connectivity index is 0.00000162. The zero-order valence-electron chi connectivity index (χ0n) is 10.3. The summed E-state index contributed by atoms with van der Waals surface area (Å²) in [7, 11) is 0.788. The lowest BCUT2D eigenvalue weighted by Crippen LogP contribution is -2.32. The standard InChI is InChI=1S/C12H12B2O3.H3N/c13-17-14(15-11-7-3-1-4-8-11)16-12-9-5-2-6-10-12;/h1-10H,13H2;1H3. The fourth-order valence-corrected chi connectivity index (χ4v) is 1.34. The van der Waals surface area contributed by atoms with Crippen LogP contribution in [-0.2, 0) is 4.57 Å². The van der Waals surface area contributed by atoms with Crippen molar-refractivity contribution in [1.29, 1.82) is 0 Å². The fraction of sp³-hybridized carbons (Fsp3) is 0. The molecule has 92 valence electrons. The Morgan fingerprint density at radius 3 is 1.44 bits per heavy atom. The molecule has 18 heavy (non-hydrogen) atoms. The Hall–Kier alpha value is -1.91. The second-order valence-electron chi connectivity index (χ2n) is 3.39. The predicted octanol–water partition coefficient (Wildman–Crippen LogP) is 1.86. The van der Waals surface area contributed by atoms with Gasteiger partial charge < -0.3 is 20.0 Å². The molecule has 0 aromatic heterocycles. The molecule has 0 aliphatic carbocycles. The maximum absolute atomic E-state index is 5.52. The van der Waals surface area contributed by atoms with E-state index in [9.17, 15) is 0 Å². The first kappa shape index (κ1) is 14.2. The summed E-state index contributed by atoms with van der Waals surface area (Å²) in [5.41, 5.74) is 0. The maximum Gasteiger partial charge on any atom is 0.771 e. The fourth-order valence-electron chi connectivity index (χ4n) is 1.34. The molecule has 0 unspecified atom stereocenters. The number of hydrogen-bond acceptors (Lipinski definition) is 4. The molecule has 0 aliphatic heterocycles. The minimum absolute atomic E-state index is 0. The molecule has 0 spiro atoms. The van der Waals surface area contributed by atoms with E-state index in [0.29, 0.717) is 11.5 Å². The van der Waals surface area contributed by atoms with Crippen LogP contribution in [0, 0.1) is 0 Å². The van der Waals surface area contributed by atoms with Crippen LogP contribution in [0.5, 0.6) is 11.5 Å². The molecule has 0 bridgehead atoms. The zero-order valence-corrected chi connectivity index (χ0v) is 10.3. The van der Waals surface area contributed by atoms with Crippen molar-refractivity contribution in [3.05, 3.63) is 60.7 Å². The van der Waals surface area contributed by atoms with Gasteiger partial charge in [-0.1, -0.05) is 36.4 Å². The molecule has 4 nitrogen and oxygen atoms in total. The van der Waals surface area contributed by atoms with Crippen molar-refractivity contribution in [2.75, 3.05) is 0 Å². The number of para-hydroxylation sites is 2. The molecule has 2 aromatic rings. The van der Waals surface area contributed by atoms with E-state index in [4.69, 9.17) is 13.9 Å². The number of rotatable bonds is 5. The molecular formula is C12H15B2NO3. The van der Waals surface area contributed by atoms with Gasteiger partial charge in [0.1, 0.15) is 11.5 Å². The normalized spacial score (nSPS) is 9.11. The van der Waals surface area contributed by atoms with E-state index in [1.165, 1.54) is 8.05 Å². The Kier molecular flexibility index (Phi) is 5.84. The first-order valence-electron chi connectivity index (χ1n) is 5.34. The summed E-state index contributed by atoms with van der Waals surface area (Å²) in [4.78, 5) is 0. The van der Waals surface area contributed by atoms with Gasteiger partial charge in [-0.05, 0) is 24.3 Å². The van der Waals surface area contributed by atoms with Crippen molar-refractivity contribution in [2.45, 2.75) is 0 Å². The van der Waals surface area contributed by atoms with Gasteiger partial charge in [-0.2, -0.15) is 0 Å². The van der Waals surface area contributed by atoms with Crippen molar-refractivity contribution in [1.82, 2.24) is 6.15 Å². The van der Waals surface area contributed by atoms with Crippen LogP contribution in [0.3, 0.4) is 0 Å². The number of benzene rings is 2. The first-order chi connectivity index (χ1) is 8.38. The third kappa shape index (κ3) is 4.16. The average molecular weight is 243 g/mol. The molecule has 0 atom stereocenters. The van der Waals surface area contributed by atoms with Gasteiger partial charge in [-0.15, -0.1) is 0 Å². The lowest BCUT2D eigenvalue weighted by molar-refractivity contribution is 0.319. The van der Waals surface area contributed by atoms with Crippen LogP contribution >= 0.6 is 0 Å². The molecule has 2 rings (SSSR count). The zero-order chi connectivity index (χ0) is 11.9. The van der Waals surface area contributed by atoms with Crippen LogP contribution in [0.2, 0.25) is 0 Å². The second kappa shape index (κ2) is 7.42. The lowest BCUT2D eigenvalue weighted by atomic mass is 10.2. The average Bonchev–Trinajstić information content (AvgIpc) is 2.40. The highest BCUT2D eigenvalue weighted by Gasteiger charge is 2.23. The van der Waals surface area contributed by atoms with Crippen molar-refractivity contribution in [2.24, 2.45) is 0 Å². The van der Waals surface area contributed by atoms with Gasteiger partial charge in [-0.25, -0.2) is 0 Å². The molecule has 0 aliphatic rings. The Morgan fingerprint density at radius 2 is 1.11 bits per heavy atom. The van der Waals surface area contributed by atoms with E-state index < -0.39 is 7.32 Å². The number of hydrogen-bond donors (Lipinski definition) is 1. The van der Waals surface area contributed by atoms with Crippen molar-refractivity contribution in [3.8, 4) is 11.5 Å². The van der Waals surface area contributed by atoms with E-state index in [-0.39, 0.29) is 6.15 Å². The molecule has 3 N–H and O–H groups in total. The summed E-state index contributed by atoms with van der Waals surface area (Å²) in [5.74, 6) is 1.41. The summed E-state index contributed by atoms with van der Waals surface area (Å²) < 4.78 is 16.2. The van der Waals surface area contributed by atoms with Crippen LogP contribution in [0.1, 0.15) is 0 Å². The topological polar surface area (TPSA) is 62.7 Å². The van der Waals surface area contributed by atoms with E-state index >= 15 is 0 Å². The van der Waals surface area contributed by atoms with Crippen LogP contribution in [-0.4, -0.2) is 15.4 Å². The molecule has 0 heterocycles. The highest BCUT2D eigenvalue weighted by Crippen LogP contribution is 2.14. The van der Waals surface area contributed by atoms with E-state index in [0.717, 1.165) is 0 Å². The molecule has 0 saturated heterocycles. The highest BCUT2D eigenvalue weighted by molar-refractivity contribution is 6.43. The summed E-state index contributed by atoms with van der Waals surface area (Å²) >= 11 is 0. The minimum atomic E-state index is -0.750. The Bertz CT molecular complexity index is 400. The smallest absolute Gasteiger partial charge is 0.502 e. The molecular weight excluding hydrogens is 228 g/mol. The van der Waals surface area contributed by atoms with Gasteiger partial charge >= 0.3 is 7.32 Å². The molecule has 6 heteroatoms. The second-order valence-corrected chi connectivity index (χ2v) is 3.39. The quantitative estimate of drug-likeness (QED) is 0.814. The Morgan fingerprint density at radius 1 is 0.722 bits per heavy atom. The largest absolute Gasteiger partial charge is 0.771 e. The van der Waals surface area contributed by atoms with Gasteiger partial charge in [0, 0.05) is 0 Å². The summed E-state index contributed by atoms with van der Waals surface area (Å²) in [5, 5.41) is 0. The molecule has 0 fully saturated rings. The van der Waals surface area contributed by atoms with Gasteiger partial charge in [-0.3, -0.25) is 0 Å². The summed E-state index contributed by atoms with van der Waals surface area (Å²) in [6.07, 6.45) is 0. The SMILES string of the molecule is BOB(Oc1ccccc1)Oc1ccccc1.N. The van der Waals surface area contributed by atoms with Gasteiger partial charge in [0.2, 0.25) is 8.05 Å². The third-order valence-corrected chi connectivity index (χ3v) is 2.14. The van der Waals surface area contributed by atoms with E-state index in [2.05, 4.69) is 0 Å². The molecule has 0 amide bonds. The monoisotopic (exact) mass is 243 g/mol. The Labute approximate surface area is 108 Å². The van der Waals surface area contributed by atoms with Crippen LogP contribution in [0.15, 0.2) is 60.7 Å². The van der Waals surface area contributed by atoms with Gasteiger partial charge in [0.05, 0.1) is 0 Å². The van der Waals surface area contributed by atoms with Gasteiger partial charge in [0.25, 0.3) is 0 Å². The van der Waals surface area contributed by atoms with Crippen molar-refractivity contribution < 1.29 is 13.9 Å². The van der Waals surface area contributed by atoms with Crippen LogP contribution < -0.4 is 15.5 Å².